The maximum atomic E-state index is 13.2. The summed E-state index contributed by atoms with van der Waals surface area (Å²) in [6.07, 6.45) is -0.756. The number of amides is 2. The molecule has 2 aromatic rings. The zero-order chi connectivity index (χ0) is 24.9. The number of carbonyl (C=O) groups excluding carboxylic acids is 4. The first kappa shape index (κ1) is 26.1. The number of nitrogens with zero attached hydrogens (tertiary/aromatic N) is 3. The molecule has 0 aliphatic heterocycles. The Morgan fingerprint density at radius 3 is 2.18 bits per heavy atom. The van der Waals surface area contributed by atoms with Crippen molar-refractivity contribution in [3.63, 3.8) is 0 Å². The van der Waals surface area contributed by atoms with E-state index in [1.54, 1.807) is 60.7 Å². The number of ether oxygens (including phenoxy) is 2. The van der Waals surface area contributed by atoms with Crippen molar-refractivity contribution in [2.45, 2.75) is 38.0 Å². The van der Waals surface area contributed by atoms with Crippen molar-refractivity contribution >= 4 is 30.0 Å². The average Bonchev–Trinajstić information content (AvgIpc) is 2.86. The minimum absolute atomic E-state index is 0.0253. The van der Waals surface area contributed by atoms with Crippen molar-refractivity contribution in [2.24, 2.45) is 5.73 Å². The molecule has 10 heteroatoms. The van der Waals surface area contributed by atoms with Gasteiger partial charge in [0.1, 0.15) is 12.6 Å². The zero-order valence-electron chi connectivity index (χ0n) is 18.7. The number of Topliss-reactive ketones (excluding diaryl/α,β-unsaturated/α-hetero) is 1. The zero-order valence-corrected chi connectivity index (χ0v) is 18.7. The van der Waals surface area contributed by atoms with Crippen LogP contribution in [0, 0.1) is 0 Å². The Kier molecular flexibility index (Phi) is 10.3. The fraction of sp³-hybridized carbons (Fsp3) is 0.292. The molecule has 2 aromatic carbocycles. The van der Waals surface area contributed by atoms with Gasteiger partial charge in [-0.05, 0) is 17.5 Å². The van der Waals surface area contributed by atoms with Gasteiger partial charge in [-0.1, -0.05) is 60.7 Å². The fourth-order valence-electron chi connectivity index (χ4n) is 3.14. The first-order valence-corrected chi connectivity index (χ1v) is 10.5. The van der Waals surface area contributed by atoms with Crippen molar-refractivity contribution in [1.82, 2.24) is 4.90 Å². The number of nitrogens with two attached hydrogens (primary N) is 1. The molecular formula is C24H26N4O6. The molecule has 0 saturated heterocycles. The van der Waals surface area contributed by atoms with Crippen LogP contribution in [0.2, 0.25) is 0 Å². The van der Waals surface area contributed by atoms with Crippen LogP contribution in [0.4, 0.5) is 4.79 Å². The lowest BCUT2D eigenvalue weighted by Crippen LogP contribution is -2.55. The second kappa shape index (κ2) is 13.4. The maximum Gasteiger partial charge on any atom is 0.417 e. The van der Waals surface area contributed by atoms with E-state index in [4.69, 9.17) is 20.7 Å². The molecule has 0 fully saturated rings. The Hall–Kier alpha value is -4.14. The van der Waals surface area contributed by atoms with E-state index in [0.717, 1.165) is 7.11 Å². The highest BCUT2D eigenvalue weighted by Crippen LogP contribution is 2.16. The fourth-order valence-corrected chi connectivity index (χ4v) is 3.14. The van der Waals surface area contributed by atoms with Crippen LogP contribution in [0.15, 0.2) is 60.7 Å². The van der Waals surface area contributed by atoms with E-state index in [1.165, 1.54) is 0 Å². The first-order valence-electron chi connectivity index (χ1n) is 10.5. The van der Waals surface area contributed by atoms with E-state index < -0.39 is 35.8 Å². The van der Waals surface area contributed by atoms with Crippen molar-refractivity contribution in [1.29, 1.82) is 0 Å². The third kappa shape index (κ3) is 7.77. The number of hydrogen-bond acceptors (Lipinski definition) is 7. The Bertz CT molecular complexity index is 1040. The van der Waals surface area contributed by atoms with E-state index in [1.807, 2.05) is 0 Å². The Morgan fingerprint density at radius 1 is 1.03 bits per heavy atom. The summed E-state index contributed by atoms with van der Waals surface area (Å²) < 4.78 is 10.2. The van der Waals surface area contributed by atoms with Crippen LogP contribution in [0.1, 0.15) is 24.0 Å². The molecule has 0 heterocycles. The summed E-state index contributed by atoms with van der Waals surface area (Å²) in [7, 11) is 1.14. The van der Waals surface area contributed by atoms with Gasteiger partial charge in [-0.2, -0.15) is 4.79 Å². The minimum Gasteiger partial charge on any atom is -0.467 e. The number of hydrogen-bond donors (Lipinski definition) is 1. The van der Waals surface area contributed by atoms with Gasteiger partial charge in [-0.25, -0.2) is 14.5 Å². The summed E-state index contributed by atoms with van der Waals surface area (Å²) >= 11 is 0. The third-order valence-corrected chi connectivity index (χ3v) is 4.92. The molecule has 0 bridgehead atoms. The Morgan fingerprint density at radius 2 is 1.62 bits per heavy atom. The van der Waals surface area contributed by atoms with Crippen LogP contribution in [0.3, 0.4) is 0 Å². The lowest BCUT2D eigenvalue weighted by molar-refractivity contribution is -0.152. The molecule has 0 aliphatic rings. The summed E-state index contributed by atoms with van der Waals surface area (Å²) in [5, 5.41) is 0. The summed E-state index contributed by atoms with van der Waals surface area (Å²) in [5.41, 5.74) is 15.8. The van der Waals surface area contributed by atoms with E-state index in [2.05, 4.69) is 4.79 Å². The topological polar surface area (TPSA) is 152 Å². The number of benzene rings is 2. The average molecular weight is 466 g/mol. The smallest absolute Gasteiger partial charge is 0.417 e. The normalized spacial score (nSPS) is 11.9. The van der Waals surface area contributed by atoms with Gasteiger partial charge in [0.15, 0.2) is 0 Å². The molecule has 0 radical (unpaired) electrons. The minimum atomic E-state index is -1.34. The highest BCUT2D eigenvalue weighted by atomic mass is 16.6. The summed E-state index contributed by atoms with van der Waals surface area (Å²) in [6.45, 7) is -0.136. The summed E-state index contributed by atoms with van der Waals surface area (Å²) in [5.74, 6) is -2.29. The molecule has 2 atom stereocenters. The molecule has 10 nitrogen and oxygen atoms in total. The van der Waals surface area contributed by atoms with Crippen LogP contribution in [0.25, 0.3) is 5.53 Å². The summed E-state index contributed by atoms with van der Waals surface area (Å²) in [6, 6.07) is 14.9. The number of esters is 1. The molecule has 0 aliphatic carbocycles. The third-order valence-electron chi connectivity index (χ3n) is 4.92. The Balaban J connectivity index is 2.31. The number of ketones is 1. The lowest BCUT2D eigenvalue weighted by atomic mass is 10.0. The van der Waals surface area contributed by atoms with Gasteiger partial charge < -0.3 is 20.7 Å². The standard InChI is InChI=1S/C24H26N4O6/c1-33-23(31)21(14-17-8-4-2-5-9-17)28(22(30)20(25)13-12-19(29)15-27-26)24(32)34-16-18-10-6-3-7-11-18/h2-11,15,20-21H,12-14,16,25H2,1H3/t20-,21-/m0/s1. The van der Waals surface area contributed by atoms with Crippen LogP contribution < -0.4 is 5.73 Å². The molecule has 34 heavy (non-hydrogen) atoms. The van der Waals surface area contributed by atoms with Crippen molar-refractivity contribution in [2.75, 3.05) is 7.11 Å². The van der Waals surface area contributed by atoms with Crippen LogP contribution in [0.5, 0.6) is 0 Å². The van der Waals surface area contributed by atoms with Gasteiger partial charge >= 0.3 is 18.3 Å². The van der Waals surface area contributed by atoms with Gasteiger partial charge in [-0.3, -0.25) is 9.59 Å². The van der Waals surface area contributed by atoms with Crippen molar-refractivity contribution in [3.8, 4) is 0 Å². The van der Waals surface area contributed by atoms with Gasteiger partial charge in [0.05, 0.1) is 13.2 Å². The molecule has 0 saturated carbocycles. The molecule has 2 rings (SSSR count). The molecular weight excluding hydrogens is 440 g/mol. The molecule has 0 unspecified atom stereocenters. The number of imide groups is 1. The van der Waals surface area contributed by atoms with Gasteiger partial charge in [0.2, 0.25) is 11.7 Å². The molecule has 2 N–H and O–H groups in total. The second-order valence-corrected chi connectivity index (χ2v) is 7.33. The molecule has 2 amide bonds. The monoisotopic (exact) mass is 466 g/mol. The summed E-state index contributed by atoms with van der Waals surface area (Å²) in [4.78, 5) is 53.8. The lowest BCUT2D eigenvalue weighted by Gasteiger charge is -2.29. The largest absolute Gasteiger partial charge is 0.467 e. The maximum absolute atomic E-state index is 13.2. The second-order valence-electron chi connectivity index (χ2n) is 7.33. The SMILES string of the molecule is COC(=O)[C@H](Cc1ccccc1)N(C(=O)OCc1ccccc1)C(=O)[C@@H](N)CCC(=O)C=[N+]=[N-]. The van der Waals surface area contributed by atoms with Crippen molar-refractivity contribution in [3.05, 3.63) is 77.3 Å². The molecule has 178 valence electrons. The highest BCUT2D eigenvalue weighted by molar-refractivity contribution is 6.25. The predicted octanol–water partition coefficient (Wildman–Crippen LogP) is 1.91. The van der Waals surface area contributed by atoms with E-state index in [0.29, 0.717) is 22.2 Å². The van der Waals surface area contributed by atoms with Crippen LogP contribution in [-0.4, -0.2) is 58.9 Å². The van der Waals surface area contributed by atoms with Crippen LogP contribution in [-0.2, 0) is 36.9 Å². The van der Waals surface area contributed by atoms with Crippen molar-refractivity contribution < 1.29 is 33.4 Å². The number of carbonyl (C=O) groups is 4. The molecule has 0 spiro atoms. The number of methoxy groups -OCH3 is 1. The molecule has 0 aromatic heterocycles. The van der Waals surface area contributed by atoms with Crippen LogP contribution >= 0.6 is 0 Å². The van der Waals surface area contributed by atoms with Gasteiger partial charge in [0, 0.05) is 12.8 Å². The van der Waals surface area contributed by atoms with Gasteiger partial charge in [-0.15, -0.1) is 0 Å². The quantitative estimate of drug-likeness (QED) is 0.230. The van der Waals surface area contributed by atoms with Gasteiger partial charge in [0.25, 0.3) is 0 Å². The van der Waals surface area contributed by atoms with E-state index in [9.17, 15) is 19.2 Å². The highest BCUT2D eigenvalue weighted by Gasteiger charge is 2.39. The van der Waals surface area contributed by atoms with E-state index >= 15 is 0 Å². The first-order chi connectivity index (χ1) is 16.4. The number of rotatable bonds is 11. The Labute approximate surface area is 196 Å². The van der Waals surface area contributed by atoms with E-state index in [-0.39, 0.29) is 25.9 Å². The predicted molar refractivity (Wildman–Crippen MR) is 121 cm³/mol.